The molecule has 2 aromatic heterocycles. The highest BCUT2D eigenvalue weighted by molar-refractivity contribution is 8.07. The Morgan fingerprint density at radius 3 is 2.87 bits per heavy atom. The smallest absolute Gasteiger partial charge is 0.353 e. The number of carboxylic acids is 1. The summed E-state index contributed by atoms with van der Waals surface area (Å²) in [4.78, 5) is 64.6. The van der Waals surface area contributed by atoms with E-state index in [2.05, 4.69) is 25.5 Å². The topological polar surface area (TPSA) is 206 Å². The Labute approximate surface area is 237 Å². The van der Waals surface area contributed by atoms with Gasteiger partial charge in [0.15, 0.2) is 5.13 Å². The van der Waals surface area contributed by atoms with Crippen molar-refractivity contribution in [2.45, 2.75) is 27.2 Å². The number of aliphatic carboxylic acids is 1. The number of pyridine rings is 1. The van der Waals surface area contributed by atoms with Gasteiger partial charge in [-0.05, 0) is 11.2 Å². The van der Waals surface area contributed by atoms with Gasteiger partial charge in [0.05, 0.1) is 12.9 Å². The lowest BCUT2D eigenvalue weighted by Gasteiger charge is -2.49. The Bertz CT molecular complexity index is 1340. The third kappa shape index (κ3) is 5.75. The van der Waals surface area contributed by atoms with Crippen LogP contribution in [0.4, 0.5) is 5.13 Å². The molecule has 200 valence electrons. The van der Waals surface area contributed by atoms with Crippen molar-refractivity contribution in [1.29, 1.82) is 0 Å². The van der Waals surface area contributed by atoms with Gasteiger partial charge in [0.25, 0.3) is 11.8 Å². The molecule has 3 atom stereocenters. The predicted molar refractivity (Wildman–Crippen MR) is 148 cm³/mol. The lowest BCUT2D eigenvalue weighted by molar-refractivity contribution is -0.150. The Balaban J connectivity index is 1.51. The molecule has 1 unspecified atom stereocenters. The maximum atomic E-state index is 13.0. The zero-order chi connectivity index (χ0) is 27.4. The minimum absolute atomic E-state index is 0.0365. The number of amides is 2. The number of nitrogen functional groups attached to an aromatic ring is 1. The highest BCUT2D eigenvalue weighted by atomic mass is 35.5. The highest BCUT2D eigenvalue weighted by Crippen LogP contribution is 2.46. The van der Waals surface area contributed by atoms with Gasteiger partial charge in [0.1, 0.15) is 27.1 Å². The first-order valence-electron chi connectivity index (χ1n) is 10.7. The fraction of sp³-hybridized carbons (Fsp3) is 0.300. The molecule has 1 fully saturated rings. The monoisotopic (exact) mass is 614 g/mol. The van der Waals surface area contributed by atoms with Gasteiger partial charge >= 0.3 is 5.97 Å². The highest BCUT2D eigenvalue weighted by Gasteiger charge is 2.55. The number of nitrogens with zero attached hydrogens (tertiary/aromatic N) is 5. The normalized spacial score (nSPS) is 19.7. The molecule has 2 aromatic rings. The molecule has 6 N–H and O–H groups in total. The van der Waals surface area contributed by atoms with Crippen LogP contribution in [-0.2, 0) is 14.4 Å². The number of carbonyl (C=O) groups is 3. The number of nitrogens with one attached hydrogen (secondary N) is 1. The first-order valence-corrected chi connectivity index (χ1v) is 14.7. The van der Waals surface area contributed by atoms with Gasteiger partial charge in [-0.15, -0.1) is 28.4 Å². The van der Waals surface area contributed by atoms with E-state index in [4.69, 9.17) is 23.1 Å². The maximum Gasteiger partial charge on any atom is 0.353 e. The van der Waals surface area contributed by atoms with Gasteiger partial charge in [0, 0.05) is 38.6 Å². The molecule has 2 aliphatic rings. The zero-order valence-corrected chi connectivity index (χ0v) is 23.2. The van der Waals surface area contributed by atoms with E-state index in [0.717, 1.165) is 26.0 Å². The molecule has 0 radical (unpaired) electrons. The van der Waals surface area contributed by atoms with E-state index in [-0.39, 0.29) is 26.6 Å². The average molecular weight is 615 g/mol. The second-order valence-electron chi connectivity index (χ2n) is 7.52. The first kappa shape index (κ1) is 28.2. The Hall–Kier alpha value is -2.86. The van der Waals surface area contributed by atoms with Crippen molar-refractivity contribution in [3.8, 4) is 0 Å². The summed E-state index contributed by atoms with van der Waals surface area (Å²) in [5.74, 6) is -1.85. The SMILES string of the molecule is NC=NCCSc1cnccc1SC1=C(C(=O)O)N2C(=O)[C@@H](NC(=O)C(N=O)c3nc(N)sc3Cl)[C@@H]2SC1. The fourth-order valence-corrected chi connectivity index (χ4v) is 8.10. The van der Waals surface area contributed by atoms with Crippen molar-refractivity contribution < 1.29 is 19.5 Å². The van der Waals surface area contributed by atoms with Crippen LogP contribution in [0.3, 0.4) is 0 Å². The van der Waals surface area contributed by atoms with Crippen LogP contribution in [0, 0.1) is 4.91 Å². The predicted octanol–water partition coefficient (Wildman–Crippen LogP) is 2.15. The van der Waals surface area contributed by atoms with Crippen LogP contribution in [0.2, 0.25) is 4.34 Å². The van der Waals surface area contributed by atoms with Crippen molar-refractivity contribution >= 4 is 87.5 Å². The number of β-lactam (4-membered cyclic amide) rings is 1. The van der Waals surface area contributed by atoms with Gasteiger partial charge in [-0.25, -0.2) is 9.78 Å². The number of aromatic nitrogens is 2. The largest absolute Gasteiger partial charge is 0.477 e. The van der Waals surface area contributed by atoms with E-state index < -0.39 is 35.2 Å². The molecule has 2 amide bonds. The molecule has 38 heavy (non-hydrogen) atoms. The van der Waals surface area contributed by atoms with Crippen molar-refractivity contribution in [1.82, 2.24) is 20.2 Å². The minimum atomic E-state index is -1.61. The van der Waals surface area contributed by atoms with Crippen LogP contribution in [-0.4, -0.2) is 73.6 Å². The number of thiazole rings is 1. The third-order valence-corrected chi connectivity index (χ3v) is 10.1. The second-order valence-corrected chi connectivity index (χ2v) is 12.5. The van der Waals surface area contributed by atoms with Crippen LogP contribution >= 0.6 is 58.2 Å². The van der Waals surface area contributed by atoms with Gasteiger partial charge in [-0.2, -0.15) is 0 Å². The van der Waals surface area contributed by atoms with Crippen LogP contribution in [0.1, 0.15) is 11.7 Å². The zero-order valence-electron chi connectivity index (χ0n) is 19.1. The Morgan fingerprint density at radius 2 is 2.21 bits per heavy atom. The standard InChI is InChI=1S/C20H19ClN8O5S4/c21-15-11(27-20(23)38-15)12(28-34)16(30)26-13-17(31)29-14(19(32)33)10(6-36-18(13)29)37-8-1-2-24-5-9(8)35-4-3-25-7-22/h1-2,5,7,12-13,18H,3-4,6H2,(H2,22,25)(H2,23,27)(H,26,30)(H,32,33)/t12?,13-,18+/m1/s1. The molecular weight excluding hydrogens is 596 g/mol. The third-order valence-electron chi connectivity index (χ3n) is 5.24. The summed E-state index contributed by atoms with van der Waals surface area (Å²) in [7, 11) is 0. The summed E-state index contributed by atoms with van der Waals surface area (Å²) >= 11 is 10.9. The number of fused-ring (bicyclic) bond motifs is 1. The molecule has 4 rings (SSSR count). The number of anilines is 1. The lowest BCUT2D eigenvalue weighted by Crippen LogP contribution is -2.70. The molecule has 1 saturated heterocycles. The van der Waals surface area contributed by atoms with Crippen molar-refractivity contribution in [3.63, 3.8) is 0 Å². The van der Waals surface area contributed by atoms with Crippen molar-refractivity contribution in [2.75, 3.05) is 23.8 Å². The van der Waals surface area contributed by atoms with Crippen LogP contribution in [0.25, 0.3) is 0 Å². The molecular formula is C20H19ClN8O5S4. The van der Waals surface area contributed by atoms with E-state index in [1.165, 1.54) is 41.6 Å². The van der Waals surface area contributed by atoms with Crippen molar-refractivity contribution in [2.24, 2.45) is 15.9 Å². The minimum Gasteiger partial charge on any atom is -0.477 e. The van der Waals surface area contributed by atoms with Crippen molar-refractivity contribution in [3.05, 3.63) is 44.0 Å². The Kier molecular flexibility index (Phi) is 9.14. The second kappa shape index (κ2) is 12.3. The number of aliphatic imine (C=N–C) groups is 1. The molecule has 4 heterocycles. The van der Waals surface area contributed by atoms with Gasteiger partial charge in [-0.1, -0.05) is 34.7 Å². The van der Waals surface area contributed by atoms with Crippen LogP contribution < -0.4 is 16.8 Å². The molecule has 0 bridgehead atoms. The Morgan fingerprint density at radius 1 is 1.42 bits per heavy atom. The summed E-state index contributed by atoms with van der Waals surface area (Å²) in [6, 6.07) is -0.889. The number of nitrogens with two attached hydrogens (primary N) is 2. The van der Waals surface area contributed by atoms with E-state index in [1.54, 1.807) is 18.5 Å². The number of carbonyl (C=O) groups excluding carboxylic acids is 2. The number of nitroso groups, excluding NO2 is 1. The number of hydrogen-bond acceptors (Lipinski definition) is 13. The van der Waals surface area contributed by atoms with E-state index >= 15 is 0 Å². The molecule has 2 aliphatic heterocycles. The van der Waals surface area contributed by atoms with E-state index in [9.17, 15) is 24.4 Å². The van der Waals surface area contributed by atoms with Crippen LogP contribution in [0.5, 0.6) is 0 Å². The maximum absolute atomic E-state index is 13.0. The summed E-state index contributed by atoms with van der Waals surface area (Å²) in [6.45, 7) is 0.513. The number of rotatable bonds is 11. The number of halogens is 1. The molecule has 0 spiro atoms. The summed E-state index contributed by atoms with van der Waals surface area (Å²) in [6.07, 6.45) is 4.52. The summed E-state index contributed by atoms with van der Waals surface area (Å²) < 4.78 is 0.0365. The van der Waals surface area contributed by atoms with Crippen LogP contribution in [0.15, 0.2) is 49.0 Å². The average Bonchev–Trinajstić information content (AvgIpc) is 3.23. The van der Waals surface area contributed by atoms with Gasteiger partial charge < -0.3 is 21.9 Å². The van der Waals surface area contributed by atoms with Gasteiger partial charge in [-0.3, -0.25) is 24.5 Å². The molecule has 13 nitrogen and oxygen atoms in total. The number of thioether (sulfide) groups is 3. The number of carboxylic acid groups (broad SMARTS) is 1. The number of hydrogen-bond donors (Lipinski definition) is 4. The first-order chi connectivity index (χ1) is 18.3. The van der Waals surface area contributed by atoms with Gasteiger partial charge in [0.2, 0.25) is 6.04 Å². The summed E-state index contributed by atoms with van der Waals surface area (Å²) in [5.41, 5.74) is 10.6. The molecule has 0 saturated carbocycles. The molecule has 18 heteroatoms. The quantitative estimate of drug-likeness (QED) is 0.0717. The molecule has 0 aromatic carbocycles. The molecule has 0 aliphatic carbocycles. The fourth-order valence-electron chi connectivity index (χ4n) is 3.60. The van der Waals surface area contributed by atoms with E-state index in [1.807, 2.05) is 0 Å². The lowest BCUT2D eigenvalue weighted by atomic mass is 10.0. The summed E-state index contributed by atoms with van der Waals surface area (Å²) in [5, 5.41) is 14.6. The van der Waals surface area contributed by atoms with E-state index in [0.29, 0.717) is 17.2 Å².